The van der Waals surface area contributed by atoms with Crippen molar-refractivity contribution in [1.29, 1.82) is 0 Å². The van der Waals surface area contributed by atoms with Crippen molar-refractivity contribution < 1.29 is 8.42 Å². The summed E-state index contributed by atoms with van der Waals surface area (Å²) < 4.78 is 21.2. The smallest absolute Gasteiger partial charge is 0.150 e. The molecule has 0 aliphatic rings. The zero-order valence-electron chi connectivity index (χ0n) is 7.21. The second-order valence-corrected chi connectivity index (χ2v) is 4.89. The Morgan fingerprint density at radius 1 is 1.27 bits per heavy atom. The van der Waals surface area contributed by atoms with E-state index in [1.165, 1.54) is 6.26 Å². The van der Waals surface area contributed by atoms with Crippen molar-refractivity contribution >= 4 is 9.84 Å². The molecule has 0 rings (SSSR count). The van der Waals surface area contributed by atoms with Crippen molar-refractivity contribution in [3.63, 3.8) is 0 Å². The van der Waals surface area contributed by atoms with E-state index in [0.717, 1.165) is 19.3 Å². The van der Waals surface area contributed by atoms with Gasteiger partial charge in [-0.15, -0.1) is 0 Å². The Hall–Kier alpha value is -0.310. The lowest BCUT2D eigenvalue weighted by Crippen LogP contribution is -1.98. The van der Waals surface area contributed by atoms with E-state index in [2.05, 4.69) is 6.92 Å². The van der Waals surface area contributed by atoms with Crippen molar-refractivity contribution in [2.75, 3.05) is 12.0 Å². The Labute approximate surface area is 69.2 Å². The van der Waals surface area contributed by atoms with Crippen LogP contribution in [0.5, 0.6) is 0 Å². The number of sulfone groups is 1. The van der Waals surface area contributed by atoms with Crippen LogP contribution in [-0.4, -0.2) is 20.4 Å². The first-order valence-electron chi connectivity index (χ1n) is 3.89. The van der Waals surface area contributed by atoms with Crippen LogP contribution in [0.25, 0.3) is 0 Å². The molecule has 0 atom stereocenters. The molecule has 0 radical (unpaired) electrons. The Morgan fingerprint density at radius 3 is 2.36 bits per heavy atom. The standard InChI is InChI=1S/C8H16O2S/c1-3-4-5-6-7-8-11(2,9)10/h6-7H,3-5,8H2,1-2H3. The van der Waals surface area contributed by atoms with Crippen molar-refractivity contribution in [2.45, 2.75) is 26.2 Å². The molecule has 0 aromatic heterocycles. The van der Waals surface area contributed by atoms with Crippen molar-refractivity contribution in [3.05, 3.63) is 12.2 Å². The van der Waals surface area contributed by atoms with Gasteiger partial charge in [-0.1, -0.05) is 31.9 Å². The van der Waals surface area contributed by atoms with Gasteiger partial charge in [-0.25, -0.2) is 8.42 Å². The minimum atomic E-state index is -2.80. The zero-order valence-corrected chi connectivity index (χ0v) is 8.02. The Kier molecular flexibility index (Phi) is 5.20. The number of hydrogen-bond donors (Lipinski definition) is 0. The number of rotatable bonds is 5. The average molecular weight is 176 g/mol. The summed E-state index contributed by atoms with van der Waals surface area (Å²) in [4.78, 5) is 0. The summed E-state index contributed by atoms with van der Waals surface area (Å²) in [6.07, 6.45) is 8.20. The third kappa shape index (κ3) is 9.69. The highest BCUT2D eigenvalue weighted by Crippen LogP contribution is 1.95. The van der Waals surface area contributed by atoms with E-state index in [4.69, 9.17) is 0 Å². The molecule has 2 nitrogen and oxygen atoms in total. The Bertz CT molecular complexity index is 202. The van der Waals surface area contributed by atoms with E-state index in [1.54, 1.807) is 6.08 Å². The van der Waals surface area contributed by atoms with Gasteiger partial charge in [0.15, 0.2) is 9.84 Å². The molecule has 0 aromatic rings. The van der Waals surface area contributed by atoms with E-state index >= 15 is 0 Å². The van der Waals surface area contributed by atoms with E-state index in [-0.39, 0.29) is 5.75 Å². The second-order valence-electron chi connectivity index (χ2n) is 2.71. The molecule has 0 saturated heterocycles. The summed E-state index contributed by atoms with van der Waals surface area (Å²) in [7, 11) is -2.80. The van der Waals surface area contributed by atoms with Crippen LogP contribution in [0.4, 0.5) is 0 Å². The van der Waals surface area contributed by atoms with Gasteiger partial charge in [0.05, 0.1) is 5.75 Å². The largest absolute Gasteiger partial charge is 0.229 e. The first-order chi connectivity index (χ1) is 5.06. The summed E-state index contributed by atoms with van der Waals surface area (Å²) in [5.41, 5.74) is 0. The molecule has 0 saturated carbocycles. The van der Waals surface area contributed by atoms with Gasteiger partial charge in [0.1, 0.15) is 0 Å². The molecular weight excluding hydrogens is 160 g/mol. The maximum atomic E-state index is 10.6. The minimum Gasteiger partial charge on any atom is -0.229 e. The number of hydrogen-bond acceptors (Lipinski definition) is 2. The van der Waals surface area contributed by atoms with Gasteiger partial charge in [-0.05, 0) is 6.42 Å². The first kappa shape index (κ1) is 10.7. The predicted molar refractivity (Wildman–Crippen MR) is 48.4 cm³/mol. The van der Waals surface area contributed by atoms with E-state index in [0.29, 0.717) is 0 Å². The van der Waals surface area contributed by atoms with Crippen LogP contribution in [0.2, 0.25) is 0 Å². The SMILES string of the molecule is CCCCC=CCS(C)(=O)=O. The molecule has 0 fully saturated rings. The number of allylic oxidation sites excluding steroid dienone is 1. The van der Waals surface area contributed by atoms with Gasteiger partial charge >= 0.3 is 0 Å². The maximum Gasteiger partial charge on any atom is 0.150 e. The Morgan fingerprint density at radius 2 is 1.91 bits per heavy atom. The molecule has 0 bridgehead atoms. The van der Waals surface area contributed by atoms with Gasteiger partial charge in [0.2, 0.25) is 0 Å². The summed E-state index contributed by atoms with van der Waals surface area (Å²) in [6.45, 7) is 2.12. The summed E-state index contributed by atoms with van der Waals surface area (Å²) in [6, 6.07) is 0. The lowest BCUT2D eigenvalue weighted by molar-refractivity contribution is 0.604. The molecule has 0 unspecified atom stereocenters. The highest BCUT2D eigenvalue weighted by Gasteiger charge is 1.94. The molecule has 0 amide bonds. The van der Waals surface area contributed by atoms with Crippen LogP contribution in [0, 0.1) is 0 Å². The highest BCUT2D eigenvalue weighted by atomic mass is 32.2. The van der Waals surface area contributed by atoms with Gasteiger partial charge in [-0.3, -0.25) is 0 Å². The minimum absolute atomic E-state index is 0.177. The molecule has 0 aliphatic heterocycles. The number of unbranched alkanes of at least 4 members (excludes halogenated alkanes) is 2. The van der Waals surface area contributed by atoms with Crippen molar-refractivity contribution in [1.82, 2.24) is 0 Å². The molecule has 11 heavy (non-hydrogen) atoms. The van der Waals surface area contributed by atoms with Crippen LogP contribution < -0.4 is 0 Å². The molecule has 0 aromatic carbocycles. The van der Waals surface area contributed by atoms with E-state index in [1.807, 2.05) is 6.08 Å². The third-order valence-corrected chi connectivity index (χ3v) is 2.09. The fourth-order valence-electron chi connectivity index (χ4n) is 0.683. The Balaban J connectivity index is 3.46. The molecule has 0 spiro atoms. The van der Waals surface area contributed by atoms with E-state index in [9.17, 15) is 8.42 Å². The second kappa shape index (κ2) is 5.35. The monoisotopic (exact) mass is 176 g/mol. The molecule has 66 valence electrons. The summed E-state index contributed by atoms with van der Waals surface area (Å²) in [5, 5.41) is 0. The molecule has 0 heterocycles. The van der Waals surface area contributed by atoms with Crippen molar-refractivity contribution in [2.24, 2.45) is 0 Å². The van der Waals surface area contributed by atoms with Crippen molar-refractivity contribution in [3.8, 4) is 0 Å². The van der Waals surface area contributed by atoms with Crippen LogP contribution in [0.1, 0.15) is 26.2 Å². The lowest BCUT2D eigenvalue weighted by Gasteiger charge is -1.89. The predicted octanol–water partition coefficient (Wildman–Crippen LogP) is 1.78. The van der Waals surface area contributed by atoms with Crippen LogP contribution in [-0.2, 0) is 9.84 Å². The van der Waals surface area contributed by atoms with E-state index < -0.39 is 9.84 Å². The lowest BCUT2D eigenvalue weighted by atomic mass is 10.2. The average Bonchev–Trinajstić information content (AvgIpc) is 1.85. The molecule has 0 N–H and O–H groups in total. The van der Waals surface area contributed by atoms with Gasteiger partial charge in [0, 0.05) is 6.26 Å². The fourth-order valence-corrected chi connectivity index (χ4v) is 1.17. The quantitative estimate of drug-likeness (QED) is 0.472. The highest BCUT2D eigenvalue weighted by molar-refractivity contribution is 7.90. The fraction of sp³-hybridized carbons (Fsp3) is 0.750. The van der Waals surface area contributed by atoms with Gasteiger partial charge in [-0.2, -0.15) is 0 Å². The third-order valence-electron chi connectivity index (χ3n) is 1.29. The summed E-state index contributed by atoms with van der Waals surface area (Å²) in [5.74, 6) is 0.177. The maximum absolute atomic E-state index is 10.6. The normalized spacial score (nSPS) is 12.5. The zero-order chi connectivity index (χ0) is 8.74. The van der Waals surface area contributed by atoms with Crippen LogP contribution in [0.3, 0.4) is 0 Å². The van der Waals surface area contributed by atoms with Gasteiger partial charge < -0.3 is 0 Å². The molecule has 3 heteroatoms. The first-order valence-corrected chi connectivity index (χ1v) is 5.95. The molecular formula is C8H16O2S. The van der Waals surface area contributed by atoms with Gasteiger partial charge in [0.25, 0.3) is 0 Å². The molecule has 0 aliphatic carbocycles. The van der Waals surface area contributed by atoms with Crippen LogP contribution >= 0.6 is 0 Å². The topological polar surface area (TPSA) is 34.1 Å². The summed E-state index contributed by atoms with van der Waals surface area (Å²) >= 11 is 0. The van der Waals surface area contributed by atoms with Crippen LogP contribution in [0.15, 0.2) is 12.2 Å².